The topological polar surface area (TPSA) is 87.6 Å². The van der Waals surface area contributed by atoms with Crippen LogP contribution in [0.15, 0.2) is 5.38 Å². The molecule has 0 amide bonds. The Balaban J connectivity index is 2.12. The second-order valence-electron chi connectivity index (χ2n) is 3.45. The summed E-state index contributed by atoms with van der Waals surface area (Å²) in [5.41, 5.74) is 0.493. The summed E-state index contributed by atoms with van der Waals surface area (Å²) < 4.78 is 24.3. The van der Waals surface area contributed by atoms with Gasteiger partial charge in [-0.2, -0.15) is 4.31 Å². The second kappa shape index (κ2) is 4.11. The molecule has 8 heteroatoms. The molecule has 6 nitrogen and oxygen atoms in total. The molecule has 1 saturated heterocycles. The first kappa shape index (κ1) is 11.5. The Labute approximate surface area is 96.6 Å². The van der Waals surface area contributed by atoms with Crippen LogP contribution in [0.3, 0.4) is 0 Å². The first-order valence-corrected chi connectivity index (χ1v) is 7.13. The third-order valence-corrected chi connectivity index (χ3v) is 5.06. The predicted octanol–water partition coefficient (Wildman–Crippen LogP) is 0.377. The molecule has 88 valence electrons. The van der Waals surface area contributed by atoms with Gasteiger partial charge in [-0.25, -0.2) is 18.2 Å². The van der Waals surface area contributed by atoms with Gasteiger partial charge in [-0.05, 0) is 6.42 Å². The molecule has 1 aromatic heterocycles. The van der Waals surface area contributed by atoms with Crippen molar-refractivity contribution in [2.24, 2.45) is 0 Å². The first-order chi connectivity index (χ1) is 7.49. The molecule has 1 N–H and O–H groups in total. The van der Waals surface area contributed by atoms with Crippen LogP contribution >= 0.6 is 11.3 Å². The maximum Gasteiger partial charge on any atom is 0.365 e. The summed E-state index contributed by atoms with van der Waals surface area (Å²) in [6.45, 7) is 0.661. The largest absolute Gasteiger partial charge is 0.476 e. The molecule has 1 fully saturated rings. The van der Waals surface area contributed by atoms with Crippen LogP contribution in [0.1, 0.15) is 21.9 Å². The molecule has 0 bridgehead atoms. The summed E-state index contributed by atoms with van der Waals surface area (Å²) in [6.07, 6.45) is 0.623. The van der Waals surface area contributed by atoms with E-state index >= 15 is 0 Å². The Hall–Kier alpha value is -0.990. The van der Waals surface area contributed by atoms with Crippen LogP contribution in [0.5, 0.6) is 0 Å². The molecule has 16 heavy (non-hydrogen) atoms. The fraction of sp³-hybridized carbons (Fsp3) is 0.500. The van der Waals surface area contributed by atoms with Crippen molar-refractivity contribution < 1.29 is 18.3 Å². The van der Waals surface area contributed by atoms with E-state index in [4.69, 9.17) is 5.11 Å². The zero-order valence-corrected chi connectivity index (χ0v) is 9.92. The average molecular weight is 262 g/mol. The number of aromatic carboxylic acids is 1. The molecule has 1 aromatic rings. The molecule has 0 atom stereocenters. The van der Waals surface area contributed by atoms with Gasteiger partial charge in [0.15, 0.2) is 0 Å². The van der Waals surface area contributed by atoms with Gasteiger partial charge in [0.1, 0.15) is 0 Å². The highest BCUT2D eigenvalue weighted by molar-refractivity contribution is 7.89. The lowest BCUT2D eigenvalue weighted by Gasteiger charge is -2.11. The first-order valence-electron chi connectivity index (χ1n) is 4.64. The van der Waals surface area contributed by atoms with E-state index in [0.29, 0.717) is 18.7 Å². The normalized spacial score (nSPS) is 20.0. The summed E-state index contributed by atoms with van der Waals surface area (Å²) in [5, 5.41) is 10.3. The van der Waals surface area contributed by atoms with Crippen LogP contribution < -0.4 is 0 Å². The third-order valence-electron chi connectivity index (χ3n) is 2.28. The summed E-state index contributed by atoms with van der Waals surface area (Å²) in [5.74, 6) is -0.913. The second-order valence-corrected chi connectivity index (χ2v) is 6.40. The number of carboxylic acid groups (broad SMARTS) is 1. The lowest BCUT2D eigenvalue weighted by Crippen LogP contribution is -2.25. The van der Waals surface area contributed by atoms with Crippen molar-refractivity contribution >= 4 is 27.3 Å². The number of rotatable bonds is 3. The molecule has 0 spiro atoms. The van der Waals surface area contributed by atoms with Crippen LogP contribution in [-0.4, -0.2) is 41.1 Å². The molecule has 1 aliphatic heterocycles. The average Bonchev–Trinajstić information content (AvgIpc) is 2.75. The number of carboxylic acids is 1. The molecule has 2 rings (SSSR count). The zero-order chi connectivity index (χ0) is 11.8. The van der Waals surface area contributed by atoms with Crippen LogP contribution in [0, 0.1) is 0 Å². The van der Waals surface area contributed by atoms with E-state index in [2.05, 4.69) is 4.98 Å². The number of sulfonamides is 1. The van der Waals surface area contributed by atoms with E-state index in [0.717, 1.165) is 11.3 Å². The highest BCUT2D eigenvalue weighted by atomic mass is 32.2. The molecule has 0 aromatic carbocycles. The molecule has 2 heterocycles. The molecule has 0 aliphatic carbocycles. The molecule has 0 saturated carbocycles. The maximum atomic E-state index is 11.5. The number of hydrogen-bond donors (Lipinski definition) is 1. The summed E-state index contributed by atoms with van der Waals surface area (Å²) in [6, 6.07) is 0. The predicted molar refractivity (Wildman–Crippen MR) is 57.9 cm³/mol. The minimum Gasteiger partial charge on any atom is -0.476 e. The van der Waals surface area contributed by atoms with E-state index in [-0.39, 0.29) is 17.3 Å². The summed E-state index contributed by atoms with van der Waals surface area (Å²) >= 11 is 1.01. The smallest absolute Gasteiger partial charge is 0.365 e. The third kappa shape index (κ3) is 2.23. The van der Waals surface area contributed by atoms with Crippen molar-refractivity contribution in [3.8, 4) is 0 Å². The van der Waals surface area contributed by atoms with Crippen molar-refractivity contribution in [3.63, 3.8) is 0 Å². The quantitative estimate of drug-likeness (QED) is 0.850. The molecule has 1 aliphatic rings. The number of thiazole rings is 1. The highest BCUT2D eigenvalue weighted by Crippen LogP contribution is 2.18. The van der Waals surface area contributed by atoms with Crippen LogP contribution in [0.25, 0.3) is 0 Å². The van der Waals surface area contributed by atoms with Gasteiger partial charge in [0.05, 0.1) is 18.0 Å². The van der Waals surface area contributed by atoms with E-state index in [1.807, 2.05) is 0 Å². The fourth-order valence-electron chi connectivity index (χ4n) is 1.53. The van der Waals surface area contributed by atoms with Crippen molar-refractivity contribution in [1.82, 2.24) is 9.29 Å². The Morgan fingerprint density at radius 2 is 2.38 bits per heavy atom. The molecular formula is C8H10N2O4S2. The van der Waals surface area contributed by atoms with Crippen molar-refractivity contribution in [1.29, 1.82) is 0 Å². The van der Waals surface area contributed by atoms with Gasteiger partial charge in [-0.15, -0.1) is 11.3 Å². The Morgan fingerprint density at radius 3 is 2.88 bits per heavy atom. The van der Waals surface area contributed by atoms with Gasteiger partial charge in [0, 0.05) is 11.9 Å². The lowest BCUT2D eigenvalue weighted by molar-refractivity contribution is 0.0696. The van der Waals surface area contributed by atoms with Crippen LogP contribution in [0.4, 0.5) is 0 Å². The van der Waals surface area contributed by atoms with E-state index in [1.54, 1.807) is 5.38 Å². The van der Waals surface area contributed by atoms with Gasteiger partial charge in [0.25, 0.3) is 0 Å². The minimum absolute atomic E-state index is 0.00778. The monoisotopic (exact) mass is 262 g/mol. The fourth-order valence-corrected chi connectivity index (χ4v) is 3.66. The van der Waals surface area contributed by atoms with Crippen molar-refractivity contribution in [2.75, 3.05) is 12.3 Å². The van der Waals surface area contributed by atoms with Gasteiger partial charge < -0.3 is 5.11 Å². The van der Waals surface area contributed by atoms with Gasteiger partial charge in [0.2, 0.25) is 15.0 Å². The Kier molecular flexibility index (Phi) is 2.96. The highest BCUT2D eigenvalue weighted by Gasteiger charge is 2.28. The van der Waals surface area contributed by atoms with Crippen molar-refractivity contribution in [3.05, 3.63) is 16.1 Å². The standard InChI is InChI=1S/C8H10N2O4S2/c11-8(12)7-9-6(5-15-7)4-10-2-1-3-16(10,13)14/h5H,1-4H2,(H,11,12). The number of carbonyl (C=O) groups is 1. The van der Waals surface area contributed by atoms with E-state index in [9.17, 15) is 13.2 Å². The molecule has 0 radical (unpaired) electrons. The van der Waals surface area contributed by atoms with Crippen molar-refractivity contribution in [2.45, 2.75) is 13.0 Å². The van der Waals surface area contributed by atoms with Gasteiger partial charge >= 0.3 is 5.97 Å². The van der Waals surface area contributed by atoms with Crippen LogP contribution in [0.2, 0.25) is 0 Å². The number of aromatic nitrogens is 1. The number of nitrogens with zero attached hydrogens (tertiary/aromatic N) is 2. The summed E-state index contributed by atoms with van der Waals surface area (Å²) in [7, 11) is -3.15. The van der Waals surface area contributed by atoms with Gasteiger partial charge in [-0.3, -0.25) is 0 Å². The van der Waals surface area contributed by atoms with E-state index < -0.39 is 16.0 Å². The van der Waals surface area contributed by atoms with Crippen LogP contribution in [-0.2, 0) is 16.6 Å². The molecular weight excluding hydrogens is 252 g/mol. The Morgan fingerprint density at radius 1 is 1.62 bits per heavy atom. The zero-order valence-electron chi connectivity index (χ0n) is 8.29. The van der Waals surface area contributed by atoms with E-state index in [1.165, 1.54) is 4.31 Å². The summed E-state index contributed by atoms with van der Waals surface area (Å²) in [4.78, 5) is 14.4. The van der Waals surface area contributed by atoms with Gasteiger partial charge in [-0.1, -0.05) is 0 Å². The lowest BCUT2D eigenvalue weighted by atomic mass is 10.4. The SMILES string of the molecule is O=C(O)c1nc(CN2CCCS2(=O)=O)cs1. The minimum atomic E-state index is -3.15. The maximum absolute atomic E-state index is 11.5. The Bertz CT molecular complexity index is 508. The molecule has 0 unspecified atom stereocenters. The number of hydrogen-bond acceptors (Lipinski definition) is 5.